The van der Waals surface area contributed by atoms with Crippen molar-refractivity contribution in [3.63, 3.8) is 0 Å². The SMILES string of the molecule is Cc1nc(-c2ccc(NC(=O)[C@H]3CNCCO3)cc2)cs1. The average Bonchev–Trinajstić information content (AvgIpc) is 2.95. The molecule has 0 aliphatic carbocycles. The summed E-state index contributed by atoms with van der Waals surface area (Å²) in [6.07, 6.45) is -0.417. The van der Waals surface area contributed by atoms with Gasteiger partial charge in [-0.2, -0.15) is 0 Å². The fraction of sp³-hybridized carbons (Fsp3) is 0.333. The maximum Gasteiger partial charge on any atom is 0.254 e. The van der Waals surface area contributed by atoms with E-state index in [-0.39, 0.29) is 5.91 Å². The number of hydrogen-bond donors (Lipinski definition) is 2. The molecule has 2 N–H and O–H groups in total. The van der Waals surface area contributed by atoms with E-state index in [9.17, 15) is 4.79 Å². The molecule has 0 radical (unpaired) electrons. The highest BCUT2D eigenvalue weighted by Gasteiger charge is 2.21. The van der Waals surface area contributed by atoms with E-state index in [0.29, 0.717) is 13.2 Å². The fourth-order valence-electron chi connectivity index (χ4n) is 2.18. The number of nitrogens with one attached hydrogen (secondary N) is 2. The van der Waals surface area contributed by atoms with E-state index in [4.69, 9.17) is 4.74 Å². The summed E-state index contributed by atoms with van der Waals surface area (Å²) in [4.78, 5) is 16.5. The minimum atomic E-state index is -0.417. The highest BCUT2D eigenvalue weighted by atomic mass is 32.1. The second kappa shape index (κ2) is 6.34. The zero-order valence-electron chi connectivity index (χ0n) is 11.8. The van der Waals surface area contributed by atoms with Crippen molar-refractivity contribution >= 4 is 22.9 Å². The molecule has 1 saturated heterocycles. The Morgan fingerprint density at radius 2 is 2.24 bits per heavy atom. The van der Waals surface area contributed by atoms with E-state index < -0.39 is 6.10 Å². The third-order valence-electron chi connectivity index (χ3n) is 3.29. The first kappa shape index (κ1) is 14.2. The minimum absolute atomic E-state index is 0.112. The van der Waals surface area contributed by atoms with Crippen molar-refractivity contribution in [1.29, 1.82) is 0 Å². The zero-order valence-corrected chi connectivity index (χ0v) is 12.6. The van der Waals surface area contributed by atoms with Crippen LogP contribution < -0.4 is 10.6 Å². The summed E-state index contributed by atoms with van der Waals surface area (Å²) in [5.74, 6) is -0.112. The standard InChI is InChI=1S/C15H17N3O2S/c1-10-17-13(9-21-10)11-2-4-12(5-3-11)18-15(19)14-8-16-6-7-20-14/h2-5,9,14,16H,6-8H2,1H3,(H,18,19)/t14-/m1/s1. The average molecular weight is 303 g/mol. The van der Waals surface area contributed by atoms with E-state index in [0.717, 1.165) is 28.5 Å². The number of anilines is 1. The Balaban J connectivity index is 1.65. The summed E-state index contributed by atoms with van der Waals surface area (Å²) in [5, 5.41) is 9.09. The topological polar surface area (TPSA) is 63.2 Å². The lowest BCUT2D eigenvalue weighted by atomic mass is 10.1. The number of nitrogens with zero attached hydrogens (tertiary/aromatic N) is 1. The van der Waals surface area contributed by atoms with Gasteiger partial charge in [0.05, 0.1) is 17.3 Å². The number of morpholine rings is 1. The number of amides is 1. The number of hydrogen-bond acceptors (Lipinski definition) is 5. The zero-order chi connectivity index (χ0) is 14.7. The molecule has 0 unspecified atom stereocenters. The summed E-state index contributed by atoms with van der Waals surface area (Å²) >= 11 is 1.63. The van der Waals surface area contributed by atoms with Crippen LogP contribution in [0.3, 0.4) is 0 Å². The summed E-state index contributed by atoms with van der Waals surface area (Å²) in [6.45, 7) is 3.91. The largest absolute Gasteiger partial charge is 0.366 e. The van der Waals surface area contributed by atoms with Gasteiger partial charge in [-0.1, -0.05) is 12.1 Å². The van der Waals surface area contributed by atoms with E-state index in [2.05, 4.69) is 15.6 Å². The molecule has 5 nitrogen and oxygen atoms in total. The first-order chi connectivity index (χ1) is 10.2. The monoisotopic (exact) mass is 303 g/mol. The summed E-state index contributed by atoms with van der Waals surface area (Å²) in [7, 11) is 0. The van der Waals surface area contributed by atoms with Crippen LogP contribution in [0, 0.1) is 6.92 Å². The van der Waals surface area contributed by atoms with Gasteiger partial charge in [-0.15, -0.1) is 11.3 Å². The molecule has 2 aromatic rings. The highest BCUT2D eigenvalue weighted by Crippen LogP contribution is 2.23. The predicted molar refractivity (Wildman–Crippen MR) is 83.5 cm³/mol. The number of thiazole rings is 1. The lowest BCUT2D eigenvalue weighted by Gasteiger charge is -2.22. The molecule has 1 aromatic carbocycles. The molecule has 1 fully saturated rings. The molecule has 0 spiro atoms. The van der Waals surface area contributed by atoms with Crippen molar-refractivity contribution in [2.24, 2.45) is 0 Å². The first-order valence-electron chi connectivity index (χ1n) is 6.88. The van der Waals surface area contributed by atoms with Gasteiger partial charge in [-0.3, -0.25) is 4.79 Å². The van der Waals surface area contributed by atoms with Crippen LogP contribution >= 0.6 is 11.3 Å². The van der Waals surface area contributed by atoms with Crippen molar-refractivity contribution in [2.75, 3.05) is 25.0 Å². The third-order valence-corrected chi connectivity index (χ3v) is 4.06. The molecule has 21 heavy (non-hydrogen) atoms. The van der Waals surface area contributed by atoms with Gasteiger partial charge in [-0.25, -0.2) is 4.98 Å². The van der Waals surface area contributed by atoms with Crippen LogP contribution in [0.4, 0.5) is 5.69 Å². The van der Waals surface area contributed by atoms with Gasteiger partial charge >= 0.3 is 0 Å². The molecule has 3 rings (SSSR count). The second-order valence-electron chi connectivity index (χ2n) is 4.88. The quantitative estimate of drug-likeness (QED) is 0.911. The Bertz CT molecular complexity index is 618. The van der Waals surface area contributed by atoms with Crippen LogP contribution in [-0.2, 0) is 9.53 Å². The molecule has 6 heteroatoms. The predicted octanol–water partition coefficient (Wildman–Crippen LogP) is 2.05. The number of aromatic nitrogens is 1. The van der Waals surface area contributed by atoms with Crippen molar-refractivity contribution in [1.82, 2.24) is 10.3 Å². The molecule has 1 aliphatic rings. The Kier molecular flexibility index (Phi) is 4.28. The number of aryl methyl sites for hydroxylation is 1. The van der Waals surface area contributed by atoms with Crippen molar-refractivity contribution < 1.29 is 9.53 Å². The summed E-state index contributed by atoms with van der Waals surface area (Å²) in [5.41, 5.74) is 2.79. The lowest BCUT2D eigenvalue weighted by Crippen LogP contribution is -2.45. The van der Waals surface area contributed by atoms with E-state index in [1.54, 1.807) is 11.3 Å². The third kappa shape index (κ3) is 3.47. The maximum atomic E-state index is 12.0. The van der Waals surface area contributed by atoms with E-state index in [1.807, 2.05) is 36.6 Å². The van der Waals surface area contributed by atoms with Gasteiger partial charge in [0.25, 0.3) is 5.91 Å². The van der Waals surface area contributed by atoms with Crippen molar-refractivity contribution in [3.05, 3.63) is 34.7 Å². The summed E-state index contributed by atoms with van der Waals surface area (Å²) in [6, 6.07) is 7.70. The van der Waals surface area contributed by atoms with E-state index in [1.165, 1.54) is 0 Å². The molecule has 110 valence electrons. The Morgan fingerprint density at radius 3 is 2.86 bits per heavy atom. The van der Waals surface area contributed by atoms with Gasteiger partial charge in [0.2, 0.25) is 0 Å². The normalized spacial score (nSPS) is 18.4. The minimum Gasteiger partial charge on any atom is -0.366 e. The number of carbonyl (C=O) groups is 1. The van der Waals surface area contributed by atoms with Crippen LogP contribution in [0.1, 0.15) is 5.01 Å². The van der Waals surface area contributed by atoms with Gasteiger partial charge < -0.3 is 15.4 Å². The van der Waals surface area contributed by atoms with Crippen LogP contribution in [0.2, 0.25) is 0 Å². The number of ether oxygens (including phenoxy) is 1. The molecule has 1 aliphatic heterocycles. The van der Waals surface area contributed by atoms with Crippen LogP contribution in [0.25, 0.3) is 11.3 Å². The van der Waals surface area contributed by atoms with Crippen LogP contribution in [0.15, 0.2) is 29.6 Å². The molecule has 1 amide bonds. The number of carbonyl (C=O) groups excluding carboxylic acids is 1. The number of rotatable bonds is 3. The lowest BCUT2D eigenvalue weighted by molar-refractivity contribution is -0.128. The number of benzene rings is 1. The van der Waals surface area contributed by atoms with Crippen molar-refractivity contribution in [3.8, 4) is 11.3 Å². The Hall–Kier alpha value is -1.76. The molecule has 1 aromatic heterocycles. The fourth-order valence-corrected chi connectivity index (χ4v) is 2.80. The second-order valence-corrected chi connectivity index (χ2v) is 5.94. The Labute approximate surface area is 127 Å². The first-order valence-corrected chi connectivity index (χ1v) is 7.76. The van der Waals surface area contributed by atoms with Crippen molar-refractivity contribution in [2.45, 2.75) is 13.0 Å². The molecule has 2 heterocycles. The maximum absolute atomic E-state index is 12.0. The van der Waals surface area contributed by atoms with Crippen LogP contribution in [0.5, 0.6) is 0 Å². The molecule has 0 bridgehead atoms. The molecule has 1 atom stereocenters. The highest BCUT2D eigenvalue weighted by molar-refractivity contribution is 7.09. The summed E-state index contributed by atoms with van der Waals surface area (Å²) < 4.78 is 5.42. The van der Waals surface area contributed by atoms with Gasteiger partial charge in [0, 0.05) is 29.7 Å². The van der Waals surface area contributed by atoms with Gasteiger partial charge in [-0.05, 0) is 19.1 Å². The molecular formula is C15H17N3O2S. The molecule has 0 saturated carbocycles. The van der Waals surface area contributed by atoms with Gasteiger partial charge in [0.15, 0.2) is 0 Å². The molecular weight excluding hydrogens is 286 g/mol. The van der Waals surface area contributed by atoms with Gasteiger partial charge in [0.1, 0.15) is 6.10 Å². The smallest absolute Gasteiger partial charge is 0.254 e. The van der Waals surface area contributed by atoms with Crippen LogP contribution in [-0.4, -0.2) is 36.7 Å². The van der Waals surface area contributed by atoms with E-state index >= 15 is 0 Å². The Morgan fingerprint density at radius 1 is 1.43 bits per heavy atom.